The molecule has 0 saturated carbocycles. The average molecular weight is 252 g/mol. The van der Waals surface area contributed by atoms with Crippen LogP contribution >= 0.6 is 0 Å². The Labute approximate surface area is 118 Å². The molecule has 6 heteroatoms. The van der Waals surface area contributed by atoms with E-state index in [4.69, 9.17) is 4.74 Å². The van der Waals surface area contributed by atoms with Crippen LogP contribution in [0.4, 0.5) is 0 Å². The van der Waals surface area contributed by atoms with Crippen LogP contribution in [0.3, 0.4) is 0 Å². The van der Waals surface area contributed by atoms with Crippen molar-refractivity contribution < 1.29 is 47.3 Å². The average Bonchev–Trinajstić information content (AvgIpc) is 2.18. The molecule has 0 unspecified atom stereocenters. The van der Waals surface area contributed by atoms with E-state index in [1.165, 1.54) is 24.3 Å². The molecule has 0 spiro atoms. The number of ether oxygens (including phenoxy) is 1. The van der Waals surface area contributed by atoms with Crippen LogP contribution in [0, 0.1) is 0 Å². The van der Waals surface area contributed by atoms with Crippen LogP contribution in [-0.4, -0.2) is 19.6 Å². The summed E-state index contributed by atoms with van der Waals surface area (Å²) in [6, 6.07) is 5.48. The molecule has 0 bridgehead atoms. The fraction of sp³-hybridized carbons (Fsp3) is 0.400. The predicted molar refractivity (Wildman–Crippen MR) is 54.8 cm³/mol. The molecule has 0 atom stereocenters. The van der Waals surface area contributed by atoms with E-state index >= 15 is 0 Å². The van der Waals surface area contributed by atoms with Crippen LogP contribution in [0.2, 0.25) is 0 Å². The van der Waals surface area contributed by atoms with Gasteiger partial charge in [-0.2, -0.15) is 0 Å². The summed E-state index contributed by atoms with van der Waals surface area (Å²) in [4.78, 5) is -0.231. The summed E-state index contributed by atoms with van der Waals surface area (Å²) in [5, 5.41) is 0. The van der Waals surface area contributed by atoms with Crippen LogP contribution in [0.1, 0.15) is 19.8 Å². The number of hydrogen-bond donors (Lipinski definition) is 0. The van der Waals surface area contributed by atoms with Gasteiger partial charge in [-0.25, -0.2) is 8.42 Å². The van der Waals surface area contributed by atoms with Gasteiger partial charge in [0.25, 0.3) is 0 Å². The second-order valence-electron chi connectivity index (χ2n) is 3.13. The maximum Gasteiger partial charge on any atom is 1.00 e. The van der Waals surface area contributed by atoms with E-state index in [-0.39, 0.29) is 34.5 Å². The van der Waals surface area contributed by atoms with E-state index in [1.54, 1.807) is 0 Å². The Morgan fingerprint density at radius 3 is 2.25 bits per heavy atom. The molecule has 84 valence electrons. The summed E-state index contributed by atoms with van der Waals surface area (Å²) in [5.41, 5.74) is 0. The van der Waals surface area contributed by atoms with Crippen molar-refractivity contribution in [3.8, 4) is 5.75 Å². The number of benzene rings is 1. The molecule has 0 radical (unpaired) electrons. The molecule has 1 aromatic carbocycles. The summed E-state index contributed by atoms with van der Waals surface area (Å²) in [7, 11) is -4.35. The van der Waals surface area contributed by atoms with Crippen LogP contribution in [-0.2, 0) is 10.1 Å². The Kier molecular flexibility index (Phi) is 7.26. The minimum Gasteiger partial charge on any atom is -0.744 e. The molecule has 0 amide bonds. The van der Waals surface area contributed by atoms with E-state index in [9.17, 15) is 13.0 Å². The zero-order valence-electron chi connectivity index (χ0n) is 9.47. The zero-order valence-corrected chi connectivity index (χ0v) is 12.3. The molecule has 0 saturated heterocycles. The SMILES string of the molecule is CCCCOc1ccc(S(=O)(=O)[O-])cc1.[Na+]. The maximum atomic E-state index is 10.6. The molecule has 0 heterocycles. The van der Waals surface area contributed by atoms with Gasteiger partial charge in [-0.15, -0.1) is 0 Å². The van der Waals surface area contributed by atoms with E-state index < -0.39 is 10.1 Å². The Morgan fingerprint density at radius 1 is 1.25 bits per heavy atom. The zero-order chi connectivity index (χ0) is 11.3. The summed E-state index contributed by atoms with van der Waals surface area (Å²) < 4.78 is 37.1. The molecular weight excluding hydrogens is 239 g/mol. The first kappa shape index (κ1) is 15.9. The van der Waals surface area contributed by atoms with Gasteiger partial charge in [0, 0.05) is 0 Å². The van der Waals surface area contributed by atoms with Crippen molar-refractivity contribution >= 4 is 10.1 Å². The van der Waals surface area contributed by atoms with E-state index in [0.717, 1.165) is 12.8 Å². The Bertz CT molecular complexity index is 399. The Balaban J connectivity index is 0.00000225. The van der Waals surface area contributed by atoms with Crippen molar-refractivity contribution in [1.82, 2.24) is 0 Å². The first-order valence-corrected chi connectivity index (χ1v) is 6.13. The fourth-order valence-electron chi connectivity index (χ4n) is 1.04. The van der Waals surface area contributed by atoms with Gasteiger partial charge >= 0.3 is 29.6 Å². The quantitative estimate of drug-likeness (QED) is 0.374. The van der Waals surface area contributed by atoms with Crippen LogP contribution in [0.5, 0.6) is 5.75 Å². The van der Waals surface area contributed by atoms with Gasteiger partial charge in [0.05, 0.1) is 11.5 Å². The molecule has 1 rings (SSSR count). The monoisotopic (exact) mass is 252 g/mol. The van der Waals surface area contributed by atoms with Gasteiger partial charge in [0.1, 0.15) is 15.9 Å². The summed E-state index contributed by atoms with van der Waals surface area (Å²) >= 11 is 0. The molecule has 0 aliphatic heterocycles. The molecule has 0 fully saturated rings. The molecule has 4 nitrogen and oxygen atoms in total. The number of rotatable bonds is 5. The van der Waals surface area contributed by atoms with E-state index in [1.807, 2.05) is 0 Å². The second-order valence-corrected chi connectivity index (χ2v) is 4.51. The predicted octanol–water partition coefficient (Wildman–Crippen LogP) is -1.23. The number of unbranched alkanes of at least 4 members (excludes halogenated alkanes) is 1. The third kappa shape index (κ3) is 5.32. The largest absolute Gasteiger partial charge is 1.00 e. The minimum atomic E-state index is -4.35. The van der Waals surface area contributed by atoms with Crippen LogP contribution < -0.4 is 34.3 Å². The van der Waals surface area contributed by atoms with Gasteiger partial charge < -0.3 is 9.29 Å². The van der Waals surface area contributed by atoms with Gasteiger partial charge in [0.2, 0.25) is 0 Å². The molecule has 0 N–H and O–H groups in total. The summed E-state index contributed by atoms with van der Waals surface area (Å²) in [6.45, 7) is 2.65. The van der Waals surface area contributed by atoms with Crippen molar-refractivity contribution in [2.45, 2.75) is 24.7 Å². The molecule has 0 aromatic heterocycles. The first-order chi connectivity index (χ1) is 7.04. The summed E-state index contributed by atoms with van der Waals surface area (Å²) in [5.74, 6) is 0.579. The molecule has 0 aliphatic carbocycles. The van der Waals surface area contributed by atoms with E-state index in [0.29, 0.717) is 12.4 Å². The van der Waals surface area contributed by atoms with Crippen molar-refractivity contribution in [3.05, 3.63) is 24.3 Å². The van der Waals surface area contributed by atoms with Gasteiger partial charge in [-0.3, -0.25) is 0 Å². The minimum absolute atomic E-state index is 0. The van der Waals surface area contributed by atoms with Crippen molar-refractivity contribution in [1.29, 1.82) is 0 Å². The Hall–Kier alpha value is -0.0700. The smallest absolute Gasteiger partial charge is 0.744 e. The Morgan fingerprint density at radius 2 is 1.81 bits per heavy atom. The topological polar surface area (TPSA) is 66.4 Å². The van der Waals surface area contributed by atoms with Crippen LogP contribution in [0.15, 0.2) is 29.2 Å². The molecule has 0 aliphatic rings. The third-order valence-electron chi connectivity index (χ3n) is 1.88. The fourth-order valence-corrected chi connectivity index (χ4v) is 1.51. The molecule has 1 aromatic rings. The van der Waals surface area contributed by atoms with Gasteiger partial charge in [-0.05, 0) is 30.7 Å². The molecular formula is C10H13NaO4S. The summed E-state index contributed by atoms with van der Waals surface area (Å²) in [6.07, 6.45) is 1.98. The van der Waals surface area contributed by atoms with Crippen LogP contribution in [0.25, 0.3) is 0 Å². The first-order valence-electron chi connectivity index (χ1n) is 4.73. The maximum absolute atomic E-state index is 10.6. The molecule has 16 heavy (non-hydrogen) atoms. The third-order valence-corrected chi connectivity index (χ3v) is 2.73. The van der Waals surface area contributed by atoms with Gasteiger partial charge in [0.15, 0.2) is 0 Å². The van der Waals surface area contributed by atoms with Crippen molar-refractivity contribution in [2.75, 3.05) is 6.61 Å². The van der Waals surface area contributed by atoms with Gasteiger partial charge in [-0.1, -0.05) is 13.3 Å². The van der Waals surface area contributed by atoms with E-state index in [2.05, 4.69) is 6.92 Å². The van der Waals surface area contributed by atoms with Crippen molar-refractivity contribution in [3.63, 3.8) is 0 Å². The van der Waals surface area contributed by atoms with Crippen molar-refractivity contribution in [2.24, 2.45) is 0 Å². The normalized spacial score (nSPS) is 10.6. The second kappa shape index (κ2) is 7.29. The number of hydrogen-bond acceptors (Lipinski definition) is 4. The standard InChI is InChI=1S/C10H14O4S.Na/c1-2-3-8-14-9-4-6-10(7-5-9)15(11,12)13;/h4-7H,2-3,8H2,1H3,(H,11,12,13);/q;+1/p-1.